The average Bonchev–Trinajstić information content (AvgIpc) is 2.02. The maximum atomic E-state index is 10.8. The minimum Gasteiger partial charge on any atom is -0.744 e. The van der Waals surface area contributed by atoms with E-state index in [1.54, 1.807) is 0 Å². The fourth-order valence-corrected chi connectivity index (χ4v) is 1.97. The summed E-state index contributed by atoms with van der Waals surface area (Å²) in [4.78, 5) is -0.556. The molecule has 1 rings (SSSR count). The van der Waals surface area contributed by atoms with Crippen molar-refractivity contribution in [1.82, 2.24) is 0 Å². The molecule has 0 unspecified atom stereocenters. The molecule has 0 atom stereocenters. The van der Waals surface area contributed by atoms with Crippen molar-refractivity contribution in [3.63, 3.8) is 0 Å². The molecule has 4 nitrogen and oxygen atoms in total. The van der Waals surface area contributed by atoms with Crippen molar-refractivity contribution in [3.05, 3.63) is 36.4 Å². The molecule has 6 heteroatoms. The molecule has 0 spiro atoms. The van der Waals surface area contributed by atoms with Crippen LogP contribution in [0.5, 0.6) is 5.75 Å². The normalized spacial score (nSPS) is 10.5. The first-order valence-electron chi connectivity index (χ1n) is 3.84. The van der Waals surface area contributed by atoms with Gasteiger partial charge in [-0.25, -0.2) is 8.42 Å². The van der Waals surface area contributed by atoms with Crippen LogP contribution in [0.4, 0.5) is 0 Å². The first kappa shape index (κ1) is 14.7. The maximum absolute atomic E-state index is 10.8. The Labute approximate surface area is 111 Å². The second-order valence-electron chi connectivity index (χ2n) is 2.71. The predicted molar refractivity (Wildman–Crippen MR) is 50.0 cm³/mol. The van der Waals surface area contributed by atoms with Crippen LogP contribution in [-0.2, 0) is 16.5 Å². The first-order chi connectivity index (χ1) is 6.46. The third-order valence-corrected chi connectivity index (χ3v) is 2.66. The van der Waals surface area contributed by atoms with Gasteiger partial charge >= 0.3 is 29.6 Å². The largest absolute Gasteiger partial charge is 1.00 e. The number of phenolic OH excluding ortho intramolecular Hbond substituents is 1. The summed E-state index contributed by atoms with van der Waals surface area (Å²) in [6.07, 6.45) is 1.69. The molecular formula is C9H9NaO4S. The minimum absolute atomic E-state index is 0. The predicted octanol–water partition coefficient (Wildman–Crippen LogP) is -1.97. The number of hydrogen-bond acceptors (Lipinski definition) is 4. The van der Waals surface area contributed by atoms with Gasteiger partial charge in [0, 0.05) is 0 Å². The number of phenols is 1. The Hall–Kier alpha value is -0.330. The standard InChI is InChI=1S/C9H10O4S.Na/c1-2-4-7-5-3-6-8(10)9(7)14(11,12)13;/h2-3,5-6,10H,1,4H2,(H,11,12,13);/q;+1/p-1. The van der Waals surface area contributed by atoms with Crippen molar-refractivity contribution in [2.45, 2.75) is 11.3 Å². The quantitative estimate of drug-likeness (QED) is 0.375. The van der Waals surface area contributed by atoms with E-state index < -0.39 is 20.8 Å². The molecule has 0 amide bonds. The second-order valence-corrected chi connectivity index (χ2v) is 4.03. The molecule has 15 heavy (non-hydrogen) atoms. The molecule has 76 valence electrons. The molecule has 1 aromatic rings. The van der Waals surface area contributed by atoms with Gasteiger partial charge in [0.15, 0.2) is 0 Å². The Balaban J connectivity index is 0.00000196. The van der Waals surface area contributed by atoms with Gasteiger partial charge in [-0.2, -0.15) is 0 Å². The molecule has 0 fully saturated rings. The van der Waals surface area contributed by atoms with E-state index in [1.165, 1.54) is 18.2 Å². The molecule has 0 heterocycles. The third-order valence-electron chi connectivity index (χ3n) is 1.69. The van der Waals surface area contributed by atoms with Crippen LogP contribution in [0.1, 0.15) is 5.56 Å². The first-order valence-corrected chi connectivity index (χ1v) is 5.25. The summed E-state index contributed by atoms with van der Waals surface area (Å²) in [6.45, 7) is 3.43. The monoisotopic (exact) mass is 236 g/mol. The number of allylic oxidation sites excluding steroid dienone is 1. The Bertz CT molecular complexity index is 453. The van der Waals surface area contributed by atoms with Gasteiger partial charge in [-0.3, -0.25) is 0 Å². The van der Waals surface area contributed by atoms with Gasteiger partial charge in [-0.05, 0) is 18.1 Å². The SMILES string of the molecule is C=CCc1cccc(O)c1S(=O)(=O)[O-].[Na+]. The summed E-state index contributed by atoms with van der Waals surface area (Å²) < 4.78 is 32.4. The third kappa shape index (κ3) is 3.62. The van der Waals surface area contributed by atoms with Gasteiger partial charge in [0.25, 0.3) is 0 Å². The van der Waals surface area contributed by atoms with E-state index in [1.807, 2.05) is 0 Å². The van der Waals surface area contributed by atoms with Gasteiger partial charge in [-0.15, -0.1) is 6.58 Å². The molecule has 0 aliphatic rings. The van der Waals surface area contributed by atoms with E-state index >= 15 is 0 Å². The van der Waals surface area contributed by atoms with Crippen LogP contribution in [-0.4, -0.2) is 18.1 Å². The molecular weight excluding hydrogens is 227 g/mol. The van der Waals surface area contributed by atoms with E-state index in [4.69, 9.17) is 0 Å². The van der Waals surface area contributed by atoms with E-state index in [9.17, 15) is 18.1 Å². The fourth-order valence-electron chi connectivity index (χ4n) is 1.18. The van der Waals surface area contributed by atoms with E-state index in [0.717, 1.165) is 6.07 Å². The zero-order chi connectivity index (χ0) is 10.8. The van der Waals surface area contributed by atoms with Gasteiger partial charge < -0.3 is 9.66 Å². The molecule has 0 radical (unpaired) electrons. The molecule has 0 saturated heterocycles. The van der Waals surface area contributed by atoms with Crippen LogP contribution in [0.3, 0.4) is 0 Å². The number of rotatable bonds is 3. The van der Waals surface area contributed by atoms with Crippen LogP contribution in [0, 0.1) is 0 Å². The van der Waals surface area contributed by atoms with Crippen molar-refractivity contribution >= 4 is 10.1 Å². The maximum Gasteiger partial charge on any atom is 1.00 e. The van der Waals surface area contributed by atoms with Crippen LogP contribution in [0.15, 0.2) is 35.7 Å². The molecule has 0 bridgehead atoms. The Morgan fingerprint density at radius 2 is 2.07 bits per heavy atom. The van der Waals surface area contributed by atoms with Gasteiger partial charge in [0.1, 0.15) is 15.9 Å². The molecule has 0 aliphatic carbocycles. The van der Waals surface area contributed by atoms with Crippen LogP contribution >= 0.6 is 0 Å². The van der Waals surface area contributed by atoms with Crippen molar-refractivity contribution < 1.29 is 47.6 Å². The molecule has 1 N–H and O–H groups in total. The zero-order valence-corrected chi connectivity index (χ0v) is 11.1. The van der Waals surface area contributed by atoms with Crippen LogP contribution in [0.25, 0.3) is 0 Å². The summed E-state index contributed by atoms with van der Waals surface area (Å²) >= 11 is 0. The van der Waals surface area contributed by atoms with Gasteiger partial charge in [0.2, 0.25) is 0 Å². The number of benzene rings is 1. The summed E-state index contributed by atoms with van der Waals surface area (Å²) in [5.74, 6) is -0.514. The van der Waals surface area contributed by atoms with Gasteiger partial charge in [-0.1, -0.05) is 18.2 Å². The summed E-state index contributed by atoms with van der Waals surface area (Å²) in [5, 5.41) is 9.24. The van der Waals surface area contributed by atoms with E-state index in [-0.39, 0.29) is 41.5 Å². The van der Waals surface area contributed by atoms with Crippen LogP contribution < -0.4 is 29.6 Å². The summed E-state index contributed by atoms with van der Waals surface area (Å²) in [7, 11) is -4.63. The number of hydrogen-bond donors (Lipinski definition) is 1. The van der Waals surface area contributed by atoms with Crippen molar-refractivity contribution in [1.29, 1.82) is 0 Å². The van der Waals surface area contributed by atoms with Crippen LogP contribution in [0.2, 0.25) is 0 Å². The summed E-state index contributed by atoms with van der Waals surface area (Å²) in [6, 6.07) is 4.10. The average molecular weight is 236 g/mol. The van der Waals surface area contributed by atoms with Crippen molar-refractivity contribution in [2.24, 2.45) is 0 Å². The number of aromatic hydroxyl groups is 1. The molecule has 0 aromatic heterocycles. The topological polar surface area (TPSA) is 77.4 Å². The Kier molecular flexibility index (Phi) is 5.55. The van der Waals surface area contributed by atoms with E-state index in [2.05, 4.69) is 6.58 Å². The Morgan fingerprint density at radius 3 is 2.53 bits per heavy atom. The zero-order valence-electron chi connectivity index (χ0n) is 8.30. The van der Waals surface area contributed by atoms with Crippen molar-refractivity contribution in [2.75, 3.05) is 0 Å². The van der Waals surface area contributed by atoms with E-state index in [0.29, 0.717) is 0 Å². The van der Waals surface area contributed by atoms with Gasteiger partial charge in [0.05, 0.1) is 4.90 Å². The Morgan fingerprint density at radius 1 is 1.47 bits per heavy atom. The fraction of sp³-hybridized carbons (Fsp3) is 0.111. The summed E-state index contributed by atoms with van der Waals surface area (Å²) in [5.41, 5.74) is 0.259. The minimum atomic E-state index is -4.63. The smallest absolute Gasteiger partial charge is 0.744 e. The molecule has 0 saturated carbocycles. The molecule has 0 aliphatic heterocycles. The van der Waals surface area contributed by atoms with Crippen molar-refractivity contribution in [3.8, 4) is 5.75 Å². The second kappa shape index (κ2) is 5.67. The molecule has 1 aromatic carbocycles.